The molecule has 0 aliphatic carbocycles. The van der Waals surface area contributed by atoms with E-state index in [9.17, 15) is 13.7 Å². The van der Waals surface area contributed by atoms with Crippen LogP contribution in [0.2, 0.25) is 0 Å². The Hall–Kier alpha value is -3.44. The van der Waals surface area contributed by atoms with E-state index in [-0.39, 0.29) is 32.8 Å². The van der Waals surface area contributed by atoms with E-state index in [1.165, 1.54) is 12.1 Å². The molecule has 26 heavy (non-hydrogen) atoms. The van der Waals surface area contributed by atoms with E-state index in [2.05, 4.69) is 9.97 Å². The van der Waals surface area contributed by atoms with Gasteiger partial charge in [0, 0.05) is 5.56 Å². The Morgan fingerprint density at radius 1 is 0.923 bits per heavy atom. The summed E-state index contributed by atoms with van der Waals surface area (Å²) >= 11 is 0. The molecule has 1 aromatic heterocycles. The van der Waals surface area contributed by atoms with Crippen LogP contribution in [0.1, 0.15) is 11.1 Å². The second-order valence-electron chi connectivity index (χ2n) is 5.64. The first-order chi connectivity index (χ1) is 12.3. The average Bonchev–Trinajstić information content (AvgIpc) is 2.61. The van der Waals surface area contributed by atoms with Gasteiger partial charge in [-0.2, -0.15) is 10.2 Å². The van der Waals surface area contributed by atoms with Crippen molar-refractivity contribution in [1.29, 1.82) is 5.26 Å². The van der Waals surface area contributed by atoms with Gasteiger partial charge in [-0.25, -0.2) is 13.4 Å². The van der Waals surface area contributed by atoms with E-state index in [0.29, 0.717) is 5.56 Å². The van der Waals surface area contributed by atoms with Crippen molar-refractivity contribution in [3.05, 3.63) is 59.7 Å². The number of nitrogens with zero attached hydrogens (tertiary/aromatic N) is 3. The molecule has 0 saturated heterocycles. The van der Waals surface area contributed by atoms with E-state index < -0.39 is 9.84 Å². The van der Waals surface area contributed by atoms with Crippen molar-refractivity contribution in [2.24, 2.45) is 0 Å². The summed E-state index contributed by atoms with van der Waals surface area (Å²) in [4.78, 5) is 8.16. The maximum Gasteiger partial charge on any atom is 0.222 e. The van der Waals surface area contributed by atoms with Crippen molar-refractivity contribution in [2.75, 3.05) is 11.5 Å². The van der Waals surface area contributed by atoms with Crippen molar-refractivity contribution < 1.29 is 8.42 Å². The SMILES string of the molecule is Cc1ccc(S(=O)(=O)c2ccc(-c3nc(N)nc(N)c3C#N)cc2)cc1. The molecule has 0 amide bonds. The van der Waals surface area contributed by atoms with Gasteiger partial charge in [-0.15, -0.1) is 0 Å². The van der Waals surface area contributed by atoms with E-state index >= 15 is 0 Å². The van der Waals surface area contributed by atoms with Crippen LogP contribution in [0.25, 0.3) is 11.3 Å². The lowest BCUT2D eigenvalue weighted by atomic mass is 10.1. The van der Waals surface area contributed by atoms with Crippen LogP contribution in [0.15, 0.2) is 58.3 Å². The molecule has 0 aliphatic rings. The molecule has 0 bridgehead atoms. The lowest BCUT2D eigenvalue weighted by Gasteiger charge is -2.09. The van der Waals surface area contributed by atoms with Crippen molar-refractivity contribution in [1.82, 2.24) is 9.97 Å². The van der Waals surface area contributed by atoms with Gasteiger partial charge in [0.15, 0.2) is 0 Å². The van der Waals surface area contributed by atoms with E-state index in [1.54, 1.807) is 36.4 Å². The molecule has 0 aliphatic heterocycles. The fourth-order valence-corrected chi connectivity index (χ4v) is 3.72. The smallest absolute Gasteiger partial charge is 0.222 e. The number of benzene rings is 2. The largest absolute Gasteiger partial charge is 0.382 e. The van der Waals surface area contributed by atoms with Gasteiger partial charge in [0.05, 0.1) is 15.5 Å². The maximum atomic E-state index is 12.7. The van der Waals surface area contributed by atoms with E-state index in [1.807, 2.05) is 13.0 Å². The number of aromatic nitrogens is 2. The standard InChI is InChI=1S/C18H15N5O2S/c1-11-2-6-13(7-3-11)26(24,25)14-8-4-12(5-9-14)16-15(10-19)17(20)23-18(21)22-16/h2-9H,1H3,(H4,20,21,22,23). The van der Waals surface area contributed by atoms with E-state index in [0.717, 1.165) is 5.56 Å². The van der Waals surface area contributed by atoms with Crippen molar-refractivity contribution in [2.45, 2.75) is 16.7 Å². The number of anilines is 2. The Bertz CT molecular complexity index is 1120. The molecule has 8 heteroatoms. The van der Waals surface area contributed by atoms with Crippen LogP contribution >= 0.6 is 0 Å². The van der Waals surface area contributed by atoms with Gasteiger partial charge in [0.25, 0.3) is 0 Å². The first-order valence-corrected chi connectivity index (χ1v) is 9.06. The van der Waals surface area contributed by atoms with Crippen LogP contribution < -0.4 is 11.5 Å². The molecule has 0 spiro atoms. The van der Waals surface area contributed by atoms with Gasteiger partial charge in [0.1, 0.15) is 17.5 Å². The highest BCUT2D eigenvalue weighted by molar-refractivity contribution is 7.91. The van der Waals surface area contributed by atoms with Crippen LogP contribution in [0, 0.1) is 18.3 Å². The quantitative estimate of drug-likeness (QED) is 0.727. The summed E-state index contributed by atoms with van der Waals surface area (Å²) in [5.41, 5.74) is 13.2. The van der Waals surface area contributed by atoms with Crippen molar-refractivity contribution >= 4 is 21.6 Å². The first kappa shape index (κ1) is 17.4. The second-order valence-corrected chi connectivity index (χ2v) is 7.59. The number of rotatable bonds is 3. The Kier molecular flexibility index (Phi) is 4.32. The molecular weight excluding hydrogens is 350 g/mol. The number of nitrogen functional groups attached to an aromatic ring is 2. The Balaban J connectivity index is 2.05. The Morgan fingerprint density at radius 2 is 1.46 bits per heavy atom. The number of aryl methyl sites for hydroxylation is 1. The molecule has 130 valence electrons. The fraction of sp³-hybridized carbons (Fsp3) is 0.0556. The minimum absolute atomic E-state index is 0.0219. The molecular formula is C18H15N5O2S. The topological polar surface area (TPSA) is 136 Å². The summed E-state index contributed by atoms with van der Waals surface area (Å²) in [5, 5.41) is 9.26. The molecule has 1 heterocycles. The molecule has 0 atom stereocenters. The predicted octanol–water partition coefficient (Wildman–Crippen LogP) is 2.32. The van der Waals surface area contributed by atoms with Crippen LogP contribution in [0.4, 0.5) is 11.8 Å². The van der Waals surface area contributed by atoms with Gasteiger partial charge in [-0.3, -0.25) is 0 Å². The molecule has 3 aromatic rings. The monoisotopic (exact) mass is 365 g/mol. The zero-order valence-electron chi connectivity index (χ0n) is 13.8. The predicted molar refractivity (Wildman–Crippen MR) is 97.6 cm³/mol. The highest BCUT2D eigenvalue weighted by atomic mass is 32.2. The zero-order valence-corrected chi connectivity index (χ0v) is 14.7. The molecule has 0 radical (unpaired) electrons. The van der Waals surface area contributed by atoms with Gasteiger partial charge in [-0.05, 0) is 31.2 Å². The minimum Gasteiger partial charge on any atom is -0.382 e. The summed E-state index contributed by atoms with van der Waals surface area (Å²) in [5.74, 6) is -0.0841. The Labute approximate surface area is 150 Å². The van der Waals surface area contributed by atoms with E-state index in [4.69, 9.17) is 11.5 Å². The maximum absolute atomic E-state index is 12.7. The highest BCUT2D eigenvalue weighted by Gasteiger charge is 2.19. The van der Waals surface area contributed by atoms with Gasteiger partial charge in [-0.1, -0.05) is 29.8 Å². The third-order valence-corrected chi connectivity index (χ3v) is 5.62. The lowest BCUT2D eigenvalue weighted by Crippen LogP contribution is -2.05. The number of sulfone groups is 1. The number of nitriles is 1. The molecule has 7 nitrogen and oxygen atoms in total. The molecule has 4 N–H and O–H groups in total. The number of hydrogen-bond donors (Lipinski definition) is 2. The van der Waals surface area contributed by atoms with Gasteiger partial charge in [0.2, 0.25) is 15.8 Å². The Morgan fingerprint density at radius 3 is 2.00 bits per heavy atom. The lowest BCUT2D eigenvalue weighted by molar-refractivity contribution is 0.596. The first-order valence-electron chi connectivity index (χ1n) is 7.58. The molecule has 0 fully saturated rings. The van der Waals surface area contributed by atoms with Crippen LogP contribution in [0.3, 0.4) is 0 Å². The average molecular weight is 365 g/mol. The van der Waals surface area contributed by atoms with Gasteiger partial charge < -0.3 is 11.5 Å². The number of hydrogen-bond acceptors (Lipinski definition) is 7. The third kappa shape index (κ3) is 3.08. The summed E-state index contributed by atoms with van der Waals surface area (Å²) in [7, 11) is -3.63. The van der Waals surface area contributed by atoms with Crippen molar-refractivity contribution in [3.63, 3.8) is 0 Å². The second kappa shape index (κ2) is 6.46. The third-order valence-electron chi connectivity index (χ3n) is 3.84. The summed E-state index contributed by atoms with van der Waals surface area (Å²) < 4.78 is 25.4. The zero-order chi connectivity index (χ0) is 18.9. The molecule has 0 saturated carbocycles. The molecule has 2 aromatic carbocycles. The highest BCUT2D eigenvalue weighted by Crippen LogP contribution is 2.28. The van der Waals surface area contributed by atoms with Crippen LogP contribution in [0.5, 0.6) is 0 Å². The summed E-state index contributed by atoms with van der Waals surface area (Å²) in [6, 6.07) is 14.6. The summed E-state index contributed by atoms with van der Waals surface area (Å²) in [6.45, 7) is 1.89. The molecule has 3 rings (SSSR count). The van der Waals surface area contributed by atoms with Gasteiger partial charge >= 0.3 is 0 Å². The molecule has 0 unspecified atom stereocenters. The van der Waals surface area contributed by atoms with Crippen molar-refractivity contribution in [3.8, 4) is 17.3 Å². The normalized spacial score (nSPS) is 11.1. The summed E-state index contributed by atoms with van der Waals surface area (Å²) in [6.07, 6.45) is 0. The minimum atomic E-state index is -3.63. The van der Waals surface area contributed by atoms with Crippen LogP contribution in [-0.4, -0.2) is 18.4 Å². The number of nitrogens with two attached hydrogens (primary N) is 2. The fourth-order valence-electron chi connectivity index (χ4n) is 2.46. The van der Waals surface area contributed by atoms with Crippen LogP contribution in [-0.2, 0) is 9.84 Å².